The number of anilines is 1. The summed E-state index contributed by atoms with van der Waals surface area (Å²) < 4.78 is 26.7. The molecule has 0 spiro atoms. The summed E-state index contributed by atoms with van der Waals surface area (Å²) in [6, 6.07) is 5.41. The fraction of sp³-hybridized carbons (Fsp3) is 0.0769. The zero-order chi connectivity index (χ0) is 13.8. The lowest BCUT2D eigenvalue weighted by Crippen LogP contribution is -2.15. The molecule has 0 aliphatic rings. The number of benzene rings is 1. The van der Waals surface area contributed by atoms with Crippen LogP contribution in [0.1, 0.15) is 5.56 Å². The summed E-state index contributed by atoms with van der Waals surface area (Å²) in [6.07, 6.45) is 2.42. The molecule has 0 atom stereocenters. The van der Waals surface area contributed by atoms with Gasteiger partial charge in [-0.25, -0.2) is 8.78 Å². The first kappa shape index (κ1) is 13.6. The standard InChI is InChI=1S/C13H9BrF2N2O/c14-10-6-9(15)2-1-8(10)5-13(19)18-12-3-4-17-7-11(12)16/h1-4,6-7H,5H2,(H,17,18,19). The molecule has 0 fully saturated rings. The van der Waals surface area contributed by atoms with Crippen molar-refractivity contribution in [1.29, 1.82) is 0 Å². The van der Waals surface area contributed by atoms with Crippen molar-refractivity contribution >= 4 is 27.5 Å². The molecule has 0 saturated heterocycles. The smallest absolute Gasteiger partial charge is 0.228 e. The average Bonchev–Trinajstić information content (AvgIpc) is 2.36. The number of nitrogens with one attached hydrogen (secondary N) is 1. The van der Waals surface area contributed by atoms with Crippen molar-refractivity contribution in [3.8, 4) is 0 Å². The molecular weight excluding hydrogens is 318 g/mol. The van der Waals surface area contributed by atoms with Gasteiger partial charge < -0.3 is 5.32 Å². The molecule has 1 N–H and O–H groups in total. The number of amides is 1. The molecule has 1 amide bonds. The number of carbonyl (C=O) groups excluding carboxylic acids is 1. The molecule has 0 saturated carbocycles. The van der Waals surface area contributed by atoms with Gasteiger partial charge in [-0.1, -0.05) is 22.0 Å². The van der Waals surface area contributed by atoms with Crippen molar-refractivity contribution in [3.63, 3.8) is 0 Å². The molecule has 0 radical (unpaired) electrons. The van der Waals surface area contributed by atoms with E-state index >= 15 is 0 Å². The van der Waals surface area contributed by atoms with E-state index in [0.29, 0.717) is 10.0 Å². The number of pyridine rings is 1. The minimum Gasteiger partial charge on any atom is -0.323 e. The maximum atomic E-state index is 13.3. The van der Waals surface area contributed by atoms with Crippen LogP contribution < -0.4 is 5.32 Å². The van der Waals surface area contributed by atoms with Gasteiger partial charge in [0.1, 0.15) is 5.82 Å². The molecule has 3 nitrogen and oxygen atoms in total. The zero-order valence-corrected chi connectivity index (χ0v) is 11.2. The second kappa shape index (κ2) is 5.88. The van der Waals surface area contributed by atoms with Crippen molar-refractivity contribution in [1.82, 2.24) is 4.98 Å². The molecule has 0 aliphatic heterocycles. The van der Waals surface area contributed by atoms with Crippen LogP contribution in [-0.2, 0) is 11.2 Å². The zero-order valence-electron chi connectivity index (χ0n) is 9.66. The topological polar surface area (TPSA) is 42.0 Å². The Morgan fingerprint density at radius 1 is 1.32 bits per heavy atom. The van der Waals surface area contributed by atoms with Crippen molar-refractivity contribution in [2.75, 3.05) is 5.32 Å². The molecule has 1 aromatic carbocycles. The number of hydrogen-bond acceptors (Lipinski definition) is 2. The van der Waals surface area contributed by atoms with Crippen molar-refractivity contribution in [3.05, 3.63) is 58.3 Å². The molecule has 0 aliphatic carbocycles. The Labute approximate surface area is 116 Å². The molecule has 0 bridgehead atoms. The van der Waals surface area contributed by atoms with Gasteiger partial charge in [0, 0.05) is 10.7 Å². The van der Waals surface area contributed by atoms with Crippen LogP contribution >= 0.6 is 15.9 Å². The highest BCUT2D eigenvalue weighted by molar-refractivity contribution is 9.10. The normalized spacial score (nSPS) is 10.3. The van der Waals surface area contributed by atoms with E-state index in [1.54, 1.807) is 0 Å². The number of aromatic nitrogens is 1. The largest absolute Gasteiger partial charge is 0.323 e. The maximum absolute atomic E-state index is 13.3. The van der Waals surface area contributed by atoms with E-state index in [-0.39, 0.29) is 12.1 Å². The number of carbonyl (C=O) groups is 1. The second-order valence-corrected chi connectivity index (χ2v) is 4.67. The summed E-state index contributed by atoms with van der Waals surface area (Å²) in [7, 11) is 0. The van der Waals surface area contributed by atoms with E-state index in [4.69, 9.17) is 0 Å². The summed E-state index contributed by atoms with van der Waals surface area (Å²) in [4.78, 5) is 15.3. The molecule has 98 valence electrons. The number of rotatable bonds is 3. The molecule has 1 aromatic heterocycles. The molecule has 0 unspecified atom stereocenters. The van der Waals surface area contributed by atoms with Gasteiger partial charge in [0.05, 0.1) is 18.3 Å². The van der Waals surface area contributed by atoms with Crippen molar-refractivity contribution in [2.45, 2.75) is 6.42 Å². The van der Waals surface area contributed by atoms with E-state index in [1.807, 2.05) is 0 Å². The molecule has 2 rings (SSSR count). The van der Waals surface area contributed by atoms with Crippen molar-refractivity contribution < 1.29 is 13.6 Å². The monoisotopic (exact) mass is 326 g/mol. The summed E-state index contributed by atoms with van der Waals surface area (Å²) >= 11 is 3.17. The highest BCUT2D eigenvalue weighted by Gasteiger charge is 2.10. The molecule has 6 heteroatoms. The van der Waals surface area contributed by atoms with Gasteiger partial charge >= 0.3 is 0 Å². The third kappa shape index (κ3) is 3.57. The number of hydrogen-bond donors (Lipinski definition) is 1. The summed E-state index contributed by atoms with van der Waals surface area (Å²) in [6.45, 7) is 0. The number of nitrogens with zero attached hydrogens (tertiary/aromatic N) is 1. The summed E-state index contributed by atoms with van der Waals surface area (Å²) in [5.41, 5.74) is 0.687. The summed E-state index contributed by atoms with van der Waals surface area (Å²) in [5.74, 6) is -1.39. The van der Waals surface area contributed by atoms with E-state index in [0.717, 1.165) is 6.20 Å². The van der Waals surface area contributed by atoms with Crippen LogP contribution in [0.2, 0.25) is 0 Å². The van der Waals surface area contributed by atoms with Gasteiger partial charge in [-0.15, -0.1) is 0 Å². The second-order valence-electron chi connectivity index (χ2n) is 3.82. The Morgan fingerprint density at radius 3 is 2.79 bits per heavy atom. The van der Waals surface area contributed by atoms with E-state index in [9.17, 15) is 13.6 Å². The van der Waals surface area contributed by atoms with Gasteiger partial charge in [0.25, 0.3) is 0 Å². The van der Waals surface area contributed by atoms with Crippen molar-refractivity contribution in [2.24, 2.45) is 0 Å². The van der Waals surface area contributed by atoms with E-state index in [1.165, 1.54) is 30.5 Å². The molecular formula is C13H9BrF2N2O. The van der Waals surface area contributed by atoms with Gasteiger partial charge in [0.2, 0.25) is 5.91 Å². The molecule has 2 aromatic rings. The van der Waals surface area contributed by atoms with E-state index in [2.05, 4.69) is 26.2 Å². The van der Waals surface area contributed by atoms with Gasteiger partial charge in [-0.05, 0) is 23.8 Å². The highest BCUT2D eigenvalue weighted by Crippen LogP contribution is 2.19. The lowest BCUT2D eigenvalue weighted by atomic mass is 10.1. The number of halogens is 3. The Hall–Kier alpha value is -1.82. The fourth-order valence-electron chi connectivity index (χ4n) is 1.51. The van der Waals surface area contributed by atoms with E-state index < -0.39 is 17.5 Å². The predicted molar refractivity (Wildman–Crippen MR) is 70.6 cm³/mol. The fourth-order valence-corrected chi connectivity index (χ4v) is 2.00. The van der Waals surface area contributed by atoms with Crippen LogP contribution in [-0.4, -0.2) is 10.9 Å². The first-order valence-corrected chi connectivity index (χ1v) is 6.19. The first-order valence-electron chi connectivity index (χ1n) is 5.39. The van der Waals surface area contributed by atoms with Gasteiger partial charge in [0.15, 0.2) is 5.82 Å². The van der Waals surface area contributed by atoms with Gasteiger partial charge in [-0.2, -0.15) is 0 Å². The lowest BCUT2D eigenvalue weighted by Gasteiger charge is -2.07. The summed E-state index contributed by atoms with van der Waals surface area (Å²) in [5, 5.41) is 2.43. The highest BCUT2D eigenvalue weighted by atomic mass is 79.9. The van der Waals surface area contributed by atoms with Gasteiger partial charge in [-0.3, -0.25) is 9.78 Å². The average molecular weight is 327 g/mol. The maximum Gasteiger partial charge on any atom is 0.228 e. The molecule has 19 heavy (non-hydrogen) atoms. The SMILES string of the molecule is O=C(Cc1ccc(F)cc1Br)Nc1ccncc1F. The van der Waals surface area contributed by atoms with Crippen LogP contribution in [0.5, 0.6) is 0 Å². The first-order chi connectivity index (χ1) is 9.06. The minimum atomic E-state index is -0.603. The predicted octanol–water partition coefficient (Wildman–Crippen LogP) is 3.30. The third-order valence-corrected chi connectivity index (χ3v) is 3.15. The minimum absolute atomic E-state index is 0.0165. The third-order valence-electron chi connectivity index (χ3n) is 2.41. The molecule has 1 heterocycles. The Kier molecular flexibility index (Phi) is 4.21. The van der Waals surface area contributed by atoms with Crippen LogP contribution in [0.15, 0.2) is 41.1 Å². The Balaban J connectivity index is 2.08. The van der Waals surface area contributed by atoms with Crippen LogP contribution in [0.25, 0.3) is 0 Å². The van der Waals surface area contributed by atoms with Crippen LogP contribution in [0.4, 0.5) is 14.5 Å². The Bertz CT molecular complexity index is 619. The Morgan fingerprint density at radius 2 is 2.11 bits per heavy atom. The van der Waals surface area contributed by atoms with Crippen LogP contribution in [0.3, 0.4) is 0 Å². The van der Waals surface area contributed by atoms with Crippen LogP contribution in [0, 0.1) is 11.6 Å². The quantitative estimate of drug-likeness (QED) is 0.940. The lowest BCUT2D eigenvalue weighted by molar-refractivity contribution is -0.115.